The topological polar surface area (TPSA) is 124 Å². The van der Waals surface area contributed by atoms with Gasteiger partial charge in [0.25, 0.3) is 5.91 Å². The van der Waals surface area contributed by atoms with E-state index in [1.165, 1.54) is 0 Å². The van der Waals surface area contributed by atoms with Crippen LogP contribution in [-0.4, -0.2) is 26.1 Å². The van der Waals surface area contributed by atoms with Crippen molar-refractivity contribution in [3.63, 3.8) is 0 Å². The van der Waals surface area contributed by atoms with Crippen LogP contribution in [0.15, 0.2) is 54.9 Å². The van der Waals surface area contributed by atoms with Crippen molar-refractivity contribution in [1.82, 2.24) is 20.2 Å². The van der Waals surface area contributed by atoms with Gasteiger partial charge in [0.1, 0.15) is 0 Å². The predicted molar refractivity (Wildman–Crippen MR) is 95.5 cm³/mol. The van der Waals surface area contributed by atoms with Gasteiger partial charge >= 0.3 is 0 Å². The molecule has 0 aliphatic heterocycles. The monoisotopic (exact) mass is 330 g/mol. The fourth-order valence-corrected chi connectivity index (χ4v) is 2.81. The lowest BCUT2D eigenvalue weighted by Crippen LogP contribution is -2.17. The van der Waals surface area contributed by atoms with Crippen LogP contribution in [0.4, 0.5) is 5.69 Å². The largest absolute Gasteiger partial charge is 0.396 e. The van der Waals surface area contributed by atoms with Crippen LogP contribution in [0.5, 0.6) is 0 Å². The number of nitrogen functional groups attached to an aromatic ring is 1. The van der Waals surface area contributed by atoms with Gasteiger partial charge in [-0.05, 0) is 29.8 Å². The molecule has 4 rings (SSSR count). The minimum atomic E-state index is -0.684. The summed E-state index contributed by atoms with van der Waals surface area (Å²) in [5.41, 5.74) is 15.5. The van der Waals surface area contributed by atoms with Crippen molar-refractivity contribution in [2.75, 3.05) is 5.73 Å². The molecule has 0 atom stereocenters. The number of carbonyl (C=O) groups is 1. The first-order chi connectivity index (χ1) is 12.1. The highest BCUT2D eigenvalue weighted by molar-refractivity contribution is 6.04. The third-order valence-electron chi connectivity index (χ3n) is 3.99. The van der Waals surface area contributed by atoms with Crippen LogP contribution >= 0.6 is 0 Å². The Balaban J connectivity index is 2.03. The van der Waals surface area contributed by atoms with Gasteiger partial charge in [-0.3, -0.25) is 14.9 Å². The molecule has 0 radical (unpaired) electrons. The third kappa shape index (κ3) is 2.47. The molecule has 25 heavy (non-hydrogen) atoms. The van der Waals surface area contributed by atoms with Crippen molar-refractivity contribution in [2.24, 2.45) is 5.73 Å². The van der Waals surface area contributed by atoms with Crippen molar-refractivity contribution in [3.8, 4) is 22.5 Å². The van der Waals surface area contributed by atoms with Crippen molar-refractivity contribution < 1.29 is 4.79 Å². The molecule has 0 spiro atoms. The lowest BCUT2D eigenvalue weighted by atomic mass is 9.98. The second-order valence-electron chi connectivity index (χ2n) is 5.53. The fraction of sp³-hybridized carbons (Fsp3) is 0. The first-order valence-electron chi connectivity index (χ1n) is 7.59. The van der Waals surface area contributed by atoms with Crippen LogP contribution in [0.2, 0.25) is 0 Å². The first kappa shape index (κ1) is 14.8. The number of nitrogens with one attached hydrogen (secondary N) is 1. The van der Waals surface area contributed by atoms with E-state index in [4.69, 9.17) is 11.5 Å². The number of amides is 1. The number of hydrogen-bond donors (Lipinski definition) is 3. The van der Waals surface area contributed by atoms with E-state index in [9.17, 15) is 4.79 Å². The molecular formula is C18H14N6O. The second kappa shape index (κ2) is 5.72. The number of rotatable bonds is 3. The van der Waals surface area contributed by atoms with Gasteiger partial charge in [-0.15, -0.1) is 0 Å². The van der Waals surface area contributed by atoms with Crippen LogP contribution in [0.25, 0.3) is 33.4 Å². The van der Waals surface area contributed by atoms with Gasteiger partial charge in [0.15, 0.2) is 5.69 Å². The summed E-state index contributed by atoms with van der Waals surface area (Å²) in [7, 11) is 0. The van der Waals surface area contributed by atoms with E-state index in [0.29, 0.717) is 17.0 Å². The zero-order valence-corrected chi connectivity index (χ0v) is 13.1. The number of nitrogens with zero attached hydrogens (tertiary/aromatic N) is 3. The maximum Gasteiger partial charge on any atom is 0.269 e. The Kier molecular flexibility index (Phi) is 3.39. The maximum absolute atomic E-state index is 11.8. The molecule has 7 heteroatoms. The van der Waals surface area contributed by atoms with Gasteiger partial charge < -0.3 is 11.5 Å². The number of nitrogens with two attached hydrogens (primary N) is 2. The zero-order chi connectivity index (χ0) is 17.4. The summed E-state index contributed by atoms with van der Waals surface area (Å²) >= 11 is 0. The Morgan fingerprint density at radius 2 is 1.92 bits per heavy atom. The summed E-state index contributed by atoms with van der Waals surface area (Å²) in [6, 6.07) is 13.0. The lowest BCUT2D eigenvalue weighted by molar-refractivity contribution is 0.0996. The molecule has 1 amide bonds. The average Bonchev–Trinajstić information content (AvgIpc) is 3.11. The maximum atomic E-state index is 11.8. The van der Waals surface area contributed by atoms with Gasteiger partial charge in [-0.1, -0.05) is 18.2 Å². The molecule has 0 aliphatic rings. The van der Waals surface area contributed by atoms with Gasteiger partial charge in [0, 0.05) is 17.1 Å². The van der Waals surface area contributed by atoms with Crippen LogP contribution in [0, 0.1) is 0 Å². The van der Waals surface area contributed by atoms with Gasteiger partial charge in [0.2, 0.25) is 0 Å². The molecule has 0 aliphatic carbocycles. The molecule has 3 heterocycles. The second-order valence-corrected chi connectivity index (χ2v) is 5.53. The summed E-state index contributed by atoms with van der Waals surface area (Å²) in [6.45, 7) is 0. The highest BCUT2D eigenvalue weighted by atomic mass is 16.1. The number of pyridine rings is 2. The summed E-state index contributed by atoms with van der Waals surface area (Å²) in [6.07, 6.45) is 3.38. The number of H-pyrrole nitrogens is 1. The number of aromatic amines is 1. The summed E-state index contributed by atoms with van der Waals surface area (Å²) in [5, 5.41) is 7.88. The first-order valence-corrected chi connectivity index (χ1v) is 7.59. The molecular weight excluding hydrogens is 316 g/mol. The van der Waals surface area contributed by atoms with Crippen LogP contribution in [0.1, 0.15) is 10.5 Å². The van der Waals surface area contributed by atoms with E-state index < -0.39 is 5.91 Å². The number of fused-ring (bicyclic) bond motifs is 1. The Hall–Kier alpha value is -3.74. The number of benzene rings is 1. The highest BCUT2D eigenvalue weighted by Gasteiger charge is 2.18. The van der Waals surface area contributed by atoms with Gasteiger partial charge in [-0.25, -0.2) is 4.98 Å². The summed E-state index contributed by atoms with van der Waals surface area (Å²) in [5.74, 6) is -0.684. The Morgan fingerprint density at radius 1 is 1.04 bits per heavy atom. The number of aromatic nitrogens is 4. The molecule has 1 aromatic carbocycles. The molecule has 122 valence electrons. The smallest absolute Gasteiger partial charge is 0.269 e. The van der Waals surface area contributed by atoms with Crippen LogP contribution in [0.3, 0.4) is 0 Å². The molecule has 5 N–H and O–H groups in total. The number of hydrogen-bond acceptors (Lipinski definition) is 5. The van der Waals surface area contributed by atoms with Crippen molar-refractivity contribution in [2.45, 2.75) is 0 Å². The van der Waals surface area contributed by atoms with E-state index >= 15 is 0 Å². The zero-order valence-electron chi connectivity index (χ0n) is 13.1. The fourth-order valence-electron chi connectivity index (χ4n) is 2.81. The number of primary amides is 1. The molecule has 0 saturated heterocycles. The van der Waals surface area contributed by atoms with Crippen LogP contribution in [-0.2, 0) is 0 Å². The Morgan fingerprint density at radius 3 is 2.68 bits per heavy atom. The predicted octanol–water partition coefficient (Wildman–Crippen LogP) is 2.37. The van der Waals surface area contributed by atoms with E-state index in [1.54, 1.807) is 12.4 Å². The molecule has 0 bridgehead atoms. The molecule has 3 aromatic heterocycles. The Labute approximate surface area is 142 Å². The quantitative estimate of drug-likeness (QED) is 0.532. The standard InChI is InChI=1S/C18H14N6O/c19-16-11(10-4-3-6-13-12(10)9-22-24-13)8-15(23-17(16)18(20)25)14-5-1-2-7-21-14/h1-9H,19H2,(H2,20,25)(H,22,24). The molecule has 0 saturated carbocycles. The van der Waals surface area contributed by atoms with Crippen LogP contribution < -0.4 is 11.5 Å². The number of anilines is 1. The van der Waals surface area contributed by atoms with E-state index in [1.807, 2.05) is 42.5 Å². The molecule has 0 unspecified atom stereocenters. The summed E-state index contributed by atoms with van der Waals surface area (Å²) < 4.78 is 0. The molecule has 4 aromatic rings. The van der Waals surface area contributed by atoms with Gasteiger partial charge in [-0.2, -0.15) is 5.10 Å². The third-order valence-corrected chi connectivity index (χ3v) is 3.99. The summed E-state index contributed by atoms with van der Waals surface area (Å²) in [4.78, 5) is 20.4. The van der Waals surface area contributed by atoms with Crippen molar-refractivity contribution in [3.05, 3.63) is 60.6 Å². The minimum absolute atomic E-state index is 0.0265. The van der Waals surface area contributed by atoms with E-state index in [0.717, 1.165) is 16.5 Å². The molecule has 0 fully saturated rings. The van der Waals surface area contributed by atoms with Crippen molar-refractivity contribution >= 4 is 22.5 Å². The molecule has 7 nitrogen and oxygen atoms in total. The van der Waals surface area contributed by atoms with E-state index in [2.05, 4.69) is 20.2 Å². The van der Waals surface area contributed by atoms with Crippen molar-refractivity contribution in [1.29, 1.82) is 0 Å². The van der Waals surface area contributed by atoms with Gasteiger partial charge in [0.05, 0.1) is 28.8 Å². The lowest BCUT2D eigenvalue weighted by Gasteiger charge is -2.12. The normalized spacial score (nSPS) is 10.9. The highest BCUT2D eigenvalue weighted by Crippen LogP contribution is 2.35. The SMILES string of the molecule is NC(=O)c1nc(-c2ccccn2)cc(-c2cccc3[nH]ncc23)c1N. The Bertz CT molecular complexity index is 1090. The average molecular weight is 330 g/mol. The minimum Gasteiger partial charge on any atom is -0.396 e. The number of carbonyl (C=O) groups excluding carboxylic acids is 1. The van der Waals surface area contributed by atoms with E-state index in [-0.39, 0.29) is 11.4 Å².